The van der Waals surface area contributed by atoms with E-state index in [1.165, 1.54) is 17.1 Å². The lowest BCUT2D eigenvalue weighted by molar-refractivity contribution is -0.120. The molecule has 4 aromatic carbocycles. The van der Waals surface area contributed by atoms with Crippen LogP contribution in [0.3, 0.4) is 0 Å². The van der Waals surface area contributed by atoms with Crippen molar-refractivity contribution in [2.75, 3.05) is 0 Å². The number of hydrazone groups is 1. The van der Waals surface area contributed by atoms with Crippen molar-refractivity contribution in [2.24, 2.45) is 5.10 Å². The van der Waals surface area contributed by atoms with E-state index in [4.69, 9.17) is 0 Å². The average Bonchev–Trinajstić information content (AvgIpc) is 3.50. The molecular weight excluding hydrogens is 574 g/mol. The fourth-order valence-electron chi connectivity index (χ4n) is 4.85. The second-order valence-corrected chi connectivity index (χ2v) is 11.8. The highest BCUT2D eigenvalue weighted by molar-refractivity contribution is 7.90. The van der Waals surface area contributed by atoms with Crippen LogP contribution < -0.4 is 4.72 Å². The monoisotopic (exact) mass is 605 g/mol. The molecule has 1 aliphatic heterocycles. The lowest BCUT2D eigenvalue weighted by Gasteiger charge is -2.17. The van der Waals surface area contributed by atoms with Gasteiger partial charge in [0.05, 0.1) is 27.7 Å². The average molecular weight is 606 g/mol. The van der Waals surface area contributed by atoms with Crippen molar-refractivity contribution in [3.05, 3.63) is 127 Å². The molecule has 1 aromatic heterocycles. The van der Waals surface area contributed by atoms with E-state index in [0.29, 0.717) is 12.8 Å². The molecule has 0 bridgehead atoms. The van der Waals surface area contributed by atoms with Crippen LogP contribution in [0.2, 0.25) is 0 Å². The molecule has 9 nitrogen and oxygen atoms in total. The van der Waals surface area contributed by atoms with E-state index in [1.807, 2.05) is 60.2 Å². The molecule has 1 unspecified atom stereocenters. The number of sulfonamides is 1. The largest absolute Gasteiger partial charge is 0.277 e. The Kier molecular flexibility index (Phi) is 9.51. The van der Waals surface area contributed by atoms with Crippen molar-refractivity contribution in [3.63, 3.8) is 0 Å². The lowest BCUT2D eigenvalue weighted by atomic mass is 9.96. The summed E-state index contributed by atoms with van der Waals surface area (Å²) in [5.74, 6) is -0.471. The van der Waals surface area contributed by atoms with E-state index >= 15 is 0 Å². The molecule has 44 heavy (non-hydrogen) atoms. The Bertz CT molecular complexity index is 1900. The first-order chi connectivity index (χ1) is 21.4. The van der Waals surface area contributed by atoms with Crippen LogP contribution in [0.25, 0.3) is 22.2 Å². The molecule has 10 heteroatoms. The minimum atomic E-state index is -3.68. The molecule has 1 N–H and O–H groups in total. The van der Waals surface area contributed by atoms with Crippen molar-refractivity contribution < 1.29 is 18.0 Å². The Labute approximate surface area is 256 Å². The molecule has 0 spiro atoms. The summed E-state index contributed by atoms with van der Waals surface area (Å²) in [6.45, 7) is 1.81. The maximum Gasteiger partial charge on any atom is 0.264 e. The van der Waals surface area contributed by atoms with E-state index in [2.05, 4.69) is 39.3 Å². The summed E-state index contributed by atoms with van der Waals surface area (Å²) in [6, 6.07) is 32.1. The number of amides is 2. The SMILES string of the molecule is CCCC(=O)NS(=O)(=O)c1ccccc1.O=CN1N=C(c2cccc(-c3ccccc3)c2)CC1c1ccc2nccnc2c1. The smallest absolute Gasteiger partial charge is 0.264 e. The van der Waals surface area contributed by atoms with Crippen LogP contribution >= 0.6 is 0 Å². The highest BCUT2D eigenvalue weighted by atomic mass is 32.2. The first-order valence-corrected chi connectivity index (χ1v) is 15.6. The molecule has 6 rings (SSSR count). The number of rotatable bonds is 8. The minimum Gasteiger partial charge on any atom is -0.277 e. The molecular formula is C34H31N5O4S. The third-order valence-corrected chi connectivity index (χ3v) is 8.40. The summed E-state index contributed by atoms with van der Waals surface area (Å²) in [5.41, 5.74) is 6.88. The molecule has 1 aliphatic rings. The van der Waals surface area contributed by atoms with Gasteiger partial charge in [0.2, 0.25) is 12.3 Å². The lowest BCUT2D eigenvalue weighted by Crippen LogP contribution is -2.30. The molecule has 1 atom stereocenters. The zero-order valence-corrected chi connectivity index (χ0v) is 24.9. The number of carbonyl (C=O) groups excluding carboxylic acids is 2. The van der Waals surface area contributed by atoms with Crippen LogP contribution in [0.5, 0.6) is 0 Å². The minimum absolute atomic E-state index is 0.106. The predicted molar refractivity (Wildman–Crippen MR) is 170 cm³/mol. The van der Waals surface area contributed by atoms with Gasteiger partial charge < -0.3 is 0 Å². The first-order valence-electron chi connectivity index (χ1n) is 14.2. The zero-order valence-electron chi connectivity index (χ0n) is 24.1. The standard InChI is InChI=1S/C24H18N4O.C10H13NO3S/c29-16-28-24(20-9-10-21-23(14-20)26-12-11-25-21)15-22(27-28)19-8-4-7-18(13-19)17-5-2-1-3-6-17;1-2-6-10(12)11-15(13,14)9-7-4-3-5-8-9/h1-14,16,24H,15H2;3-5,7-8H,2,6H2,1H3,(H,11,12). The Morgan fingerprint density at radius 1 is 0.841 bits per heavy atom. The number of hydrogen-bond acceptors (Lipinski definition) is 7. The molecule has 0 radical (unpaired) electrons. The summed E-state index contributed by atoms with van der Waals surface area (Å²) in [4.78, 5) is 31.7. The van der Waals surface area contributed by atoms with Crippen LogP contribution in [-0.4, -0.2) is 41.4 Å². The number of nitrogens with one attached hydrogen (secondary N) is 1. The Hall–Kier alpha value is -5.22. The van der Waals surface area contributed by atoms with Gasteiger partial charge in [0.1, 0.15) is 0 Å². The summed E-state index contributed by atoms with van der Waals surface area (Å²) < 4.78 is 25.2. The van der Waals surface area contributed by atoms with Crippen LogP contribution in [0, 0.1) is 0 Å². The Morgan fingerprint density at radius 3 is 2.20 bits per heavy atom. The summed E-state index contributed by atoms with van der Waals surface area (Å²) >= 11 is 0. The molecule has 2 amide bonds. The van der Waals surface area contributed by atoms with Gasteiger partial charge >= 0.3 is 0 Å². The Morgan fingerprint density at radius 2 is 1.50 bits per heavy atom. The molecule has 0 saturated carbocycles. The number of carbonyl (C=O) groups is 2. The topological polar surface area (TPSA) is 122 Å². The van der Waals surface area contributed by atoms with Crippen LogP contribution in [0.1, 0.15) is 43.4 Å². The van der Waals surface area contributed by atoms with Gasteiger partial charge in [0.25, 0.3) is 10.0 Å². The quantitative estimate of drug-likeness (QED) is 0.220. The van der Waals surface area contributed by atoms with Crippen LogP contribution in [0.4, 0.5) is 0 Å². The van der Waals surface area contributed by atoms with Gasteiger partial charge in [-0.3, -0.25) is 19.6 Å². The van der Waals surface area contributed by atoms with Crippen molar-refractivity contribution in [2.45, 2.75) is 37.1 Å². The van der Waals surface area contributed by atoms with Crippen LogP contribution in [-0.2, 0) is 19.6 Å². The maximum atomic E-state index is 11.7. The number of nitrogens with zero attached hydrogens (tertiary/aromatic N) is 4. The van der Waals surface area contributed by atoms with E-state index in [9.17, 15) is 18.0 Å². The predicted octanol–water partition coefficient (Wildman–Crippen LogP) is 5.90. The van der Waals surface area contributed by atoms with E-state index in [0.717, 1.165) is 45.4 Å². The van der Waals surface area contributed by atoms with Crippen molar-refractivity contribution in [1.82, 2.24) is 19.7 Å². The van der Waals surface area contributed by atoms with Gasteiger partial charge in [0, 0.05) is 25.2 Å². The highest BCUT2D eigenvalue weighted by Crippen LogP contribution is 2.33. The van der Waals surface area contributed by atoms with Gasteiger partial charge in [-0.1, -0.05) is 79.7 Å². The number of aromatic nitrogens is 2. The van der Waals surface area contributed by atoms with Gasteiger partial charge in [-0.25, -0.2) is 18.1 Å². The summed E-state index contributed by atoms with van der Waals surface area (Å²) in [6.07, 6.45) is 5.63. The maximum absolute atomic E-state index is 11.7. The first kappa shape index (κ1) is 30.2. The summed E-state index contributed by atoms with van der Waals surface area (Å²) in [5, 5.41) is 6.10. The molecule has 0 saturated heterocycles. The van der Waals surface area contributed by atoms with Crippen molar-refractivity contribution in [3.8, 4) is 11.1 Å². The van der Waals surface area contributed by atoms with E-state index < -0.39 is 15.9 Å². The second-order valence-electron chi connectivity index (χ2n) is 10.1. The zero-order chi connectivity index (χ0) is 30.9. The van der Waals surface area contributed by atoms with Gasteiger partial charge in [-0.05, 0) is 59.0 Å². The third-order valence-electron chi connectivity index (χ3n) is 7.01. The van der Waals surface area contributed by atoms with Gasteiger partial charge in [-0.15, -0.1) is 0 Å². The van der Waals surface area contributed by atoms with E-state index in [-0.39, 0.29) is 17.4 Å². The molecule has 0 aliphatic carbocycles. The molecule has 222 valence electrons. The summed E-state index contributed by atoms with van der Waals surface area (Å²) in [7, 11) is -3.68. The van der Waals surface area contributed by atoms with Crippen LogP contribution in [0.15, 0.2) is 126 Å². The number of hydrogen-bond donors (Lipinski definition) is 1. The second kappa shape index (κ2) is 13.8. The van der Waals surface area contributed by atoms with Crippen molar-refractivity contribution >= 4 is 39.1 Å². The van der Waals surface area contributed by atoms with Crippen molar-refractivity contribution in [1.29, 1.82) is 0 Å². The van der Waals surface area contributed by atoms with E-state index in [1.54, 1.807) is 30.6 Å². The number of benzene rings is 4. The molecule has 5 aromatic rings. The van der Waals surface area contributed by atoms with Gasteiger partial charge in [-0.2, -0.15) is 5.10 Å². The fraction of sp³-hybridized carbons (Fsp3) is 0.147. The Balaban J connectivity index is 0.000000217. The van der Waals surface area contributed by atoms with Gasteiger partial charge in [0.15, 0.2) is 0 Å². The number of fused-ring (bicyclic) bond motifs is 1. The molecule has 0 fully saturated rings. The third kappa shape index (κ3) is 7.22. The molecule has 2 heterocycles. The highest BCUT2D eigenvalue weighted by Gasteiger charge is 2.29. The normalized spacial score (nSPS) is 14.3. The fourth-order valence-corrected chi connectivity index (χ4v) is 5.89.